The van der Waals surface area contributed by atoms with E-state index < -0.39 is 0 Å². The van der Waals surface area contributed by atoms with Crippen molar-refractivity contribution in [3.05, 3.63) is 58.3 Å². The van der Waals surface area contributed by atoms with Gasteiger partial charge in [0.1, 0.15) is 5.49 Å². The molecule has 0 bridgehead atoms. The van der Waals surface area contributed by atoms with Gasteiger partial charge < -0.3 is 4.98 Å². The molecule has 0 saturated carbocycles. The average Bonchev–Trinajstić information content (AvgIpc) is 2.77. The van der Waals surface area contributed by atoms with E-state index in [9.17, 15) is 0 Å². The molecule has 98 valence electrons. The monoisotopic (exact) mass is 252 g/mol. The summed E-state index contributed by atoms with van der Waals surface area (Å²) in [6, 6.07) is 10.8. The second-order valence-corrected chi connectivity index (χ2v) is 5.16. The molecule has 0 radical (unpaired) electrons. The highest BCUT2D eigenvalue weighted by Crippen LogP contribution is 2.16. The summed E-state index contributed by atoms with van der Waals surface area (Å²) in [4.78, 5) is 8.04. The summed E-state index contributed by atoms with van der Waals surface area (Å²) < 4.78 is 0. The highest BCUT2D eigenvalue weighted by atomic mass is 14.8. The van der Waals surface area contributed by atoms with Crippen LogP contribution in [0.3, 0.4) is 0 Å². The number of aromatic nitrogens is 1. The Hall–Kier alpha value is -2.09. The molecule has 2 heterocycles. The number of benzene rings is 1. The lowest BCUT2D eigenvalue weighted by molar-refractivity contribution is 1.07. The standard InChI is InChI=1S/C17H18N2.H2/c1-11-4-6-14(7-5-11)16-10-15-13(3)12(2)8-9-18-17(15)19-16;/h4-8,10H,9H2,1-3H3,(H,18,19);1H. The van der Waals surface area contributed by atoms with Gasteiger partial charge in [0.15, 0.2) is 0 Å². The van der Waals surface area contributed by atoms with Crippen molar-refractivity contribution in [3.8, 4) is 11.3 Å². The Bertz CT molecular complexity index is 764. The molecular weight excluding hydrogens is 232 g/mol. The van der Waals surface area contributed by atoms with E-state index in [4.69, 9.17) is 0 Å². The lowest BCUT2D eigenvalue weighted by atomic mass is 10.1. The minimum atomic E-state index is 0. The van der Waals surface area contributed by atoms with Gasteiger partial charge in [-0.1, -0.05) is 35.9 Å². The summed E-state index contributed by atoms with van der Waals surface area (Å²) in [5.74, 6) is 0. The van der Waals surface area contributed by atoms with Crippen molar-refractivity contribution < 1.29 is 1.43 Å². The van der Waals surface area contributed by atoms with Crippen molar-refractivity contribution in [1.82, 2.24) is 4.98 Å². The number of rotatable bonds is 1. The second-order valence-electron chi connectivity index (χ2n) is 5.16. The van der Waals surface area contributed by atoms with Crippen LogP contribution in [0.2, 0.25) is 0 Å². The summed E-state index contributed by atoms with van der Waals surface area (Å²) in [5.41, 5.74) is 7.26. The van der Waals surface area contributed by atoms with Gasteiger partial charge in [-0.05, 0) is 43.5 Å². The maximum atomic E-state index is 4.60. The minimum absolute atomic E-state index is 0. The fraction of sp³-hybridized carbons (Fsp3) is 0.235. The number of fused-ring (bicyclic) bond motifs is 1. The van der Waals surface area contributed by atoms with Crippen molar-refractivity contribution >= 4 is 5.57 Å². The average molecular weight is 252 g/mol. The molecule has 1 N–H and O–H groups in total. The van der Waals surface area contributed by atoms with Crippen LogP contribution in [0.4, 0.5) is 0 Å². The molecule has 1 aliphatic heterocycles. The fourth-order valence-electron chi connectivity index (χ4n) is 2.38. The molecule has 1 aromatic carbocycles. The highest BCUT2D eigenvalue weighted by Gasteiger charge is 2.06. The van der Waals surface area contributed by atoms with Gasteiger partial charge in [0.2, 0.25) is 0 Å². The number of H-pyrrole nitrogens is 1. The minimum Gasteiger partial charge on any atom is -0.340 e. The Morgan fingerprint density at radius 2 is 1.84 bits per heavy atom. The molecule has 1 aliphatic rings. The molecule has 2 aromatic rings. The number of aryl methyl sites for hydroxylation is 1. The van der Waals surface area contributed by atoms with Crippen molar-refractivity contribution in [3.63, 3.8) is 0 Å². The number of allylic oxidation sites excluding steroid dienone is 1. The molecule has 0 amide bonds. The maximum Gasteiger partial charge on any atom is 0.133 e. The van der Waals surface area contributed by atoms with E-state index in [1.807, 2.05) is 0 Å². The SMILES string of the molecule is CC1=CCN=c2[nH]c(-c3ccc(C)cc3)cc2=C1C.[HH]. The van der Waals surface area contributed by atoms with Crippen molar-refractivity contribution in [2.75, 3.05) is 6.54 Å². The Morgan fingerprint density at radius 1 is 1.11 bits per heavy atom. The van der Waals surface area contributed by atoms with Gasteiger partial charge in [0.05, 0.1) is 6.54 Å². The zero-order valence-corrected chi connectivity index (χ0v) is 11.6. The molecule has 3 rings (SSSR count). The number of aromatic amines is 1. The molecule has 19 heavy (non-hydrogen) atoms. The summed E-state index contributed by atoms with van der Waals surface area (Å²) >= 11 is 0. The van der Waals surface area contributed by atoms with Gasteiger partial charge in [0, 0.05) is 12.3 Å². The predicted molar refractivity (Wildman–Crippen MR) is 81.6 cm³/mol. The molecular formula is C17H20N2. The molecule has 1 aromatic heterocycles. The van der Waals surface area contributed by atoms with Gasteiger partial charge in [-0.3, -0.25) is 4.99 Å². The first-order chi connectivity index (χ1) is 9.15. The van der Waals surface area contributed by atoms with E-state index >= 15 is 0 Å². The van der Waals surface area contributed by atoms with Crippen molar-refractivity contribution in [1.29, 1.82) is 0 Å². The van der Waals surface area contributed by atoms with Crippen LogP contribution in [-0.2, 0) is 0 Å². The normalized spacial score (nSPS) is 14.5. The van der Waals surface area contributed by atoms with Crippen LogP contribution in [0, 0.1) is 6.92 Å². The Balaban J connectivity index is 0.00000147. The largest absolute Gasteiger partial charge is 0.340 e. The van der Waals surface area contributed by atoms with Crippen LogP contribution in [0.25, 0.3) is 16.8 Å². The maximum absolute atomic E-state index is 4.60. The molecule has 0 saturated heterocycles. The Labute approximate surface area is 114 Å². The lowest BCUT2D eigenvalue weighted by Gasteiger charge is -1.99. The molecule has 0 fully saturated rings. The van der Waals surface area contributed by atoms with E-state index in [1.165, 1.54) is 27.5 Å². The van der Waals surface area contributed by atoms with E-state index in [2.05, 4.69) is 67.2 Å². The van der Waals surface area contributed by atoms with Crippen molar-refractivity contribution in [2.45, 2.75) is 20.8 Å². The first-order valence-corrected chi connectivity index (χ1v) is 6.64. The summed E-state index contributed by atoms with van der Waals surface area (Å²) in [7, 11) is 0. The van der Waals surface area contributed by atoms with Gasteiger partial charge in [-0.15, -0.1) is 0 Å². The van der Waals surface area contributed by atoms with Gasteiger partial charge in [-0.25, -0.2) is 0 Å². The number of nitrogens with zero attached hydrogens (tertiary/aromatic N) is 1. The van der Waals surface area contributed by atoms with E-state index in [1.54, 1.807) is 0 Å². The molecule has 2 heteroatoms. The summed E-state index contributed by atoms with van der Waals surface area (Å²) in [6.07, 6.45) is 2.18. The number of nitrogens with one attached hydrogen (secondary N) is 1. The quantitative estimate of drug-likeness (QED) is 0.808. The fourth-order valence-corrected chi connectivity index (χ4v) is 2.38. The van der Waals surface area contributed by atoms with Crippen LogP contribution in [0.15, 0.2) is 47.0 Å². The molecule has 0 unspecified atom stereocenters. The van der Waals surface area contributed by atoms with Crippen LogP contribution >= 0.6 is 0 Å². The van der Waals surface area contributed by atoms with E-state index in [-0.39, 0.29) is 1.43 Å². The smallest absolute Gasteiger partial charge is 0.133 e. The van der Waals surface area contributed by atoms with Gasteiger partial charge in [-0.2, -0.15) is 0 Å². The molecule has 0 atom stereocenters. The zero-order chi connectivity index (χ0) is 13.4. The van der Waals surface area contributed by atoms with E-state index in [0.29, 0.717) is 0 Å². The summed E-state index contributed by atoms with van der Waals surface area (Å²) in [6.45, 7) is 7.18. The third kappa shape index (κ3) is 2.14. The highest BCUT2D eigenvalue weighted by molar-refractivity contribution is 5.65. The molecule has 0 spiro atoms. The second kappa shape index (κ2) is 4.54. The Morgan fingerprint density at radius 3 is 2.58 bits per heavy atom. The van der Waals surface area contributed by atoms with Crippen LogP contribution in [-0.4, -0.2) is 11.5 Å². The number of hydrogen-bond donors (Lipinski definition) is 1. The Kier molecular flexibility index (Phi) is 2.86. The van der Waals surface area contributed by atoms with E-state index in [0.717, 1.165) is 17.7 Å². The van der Waals surface area contributed by atoms with Crippen LogP contribution < -0.4 is 10.7 Å². The number of hydrogen-bond acceptors (Lipinski definition) is 1. The molecule has 0 aliphatic carbocycles. The summed E-state index contributed by atoms with van der Waals surface area (Å²) in [5, 5.41) is 1.22. The zero-order valence-electron chi connectivity index (χ0n) is 11.6. The third-order valence-electron chi connectivity index (χ3n) is 3.80. The predicted octanol–water partition coefficient (Wildman–Crippen LogP) is 2.99. The van der Waals surface area contributed by atoms with Gasteiger partial charge in [0.25, 0.3) is 0 Å². The third-order valence-corrected chi connectivity index (χ3v) is 3.80. The lowest BCUT2D eigenvalue weighted by Crippen LogP contribution is -2.24. The van der Waals surface area contributed by atoms with Crippen LogP contribution in [0.1, 0.15) is 20.8 Å². The molecule has 2 nitrogen and oxygen atoms in total. The first-order valence-electron chi connectivity index (χ1n) is 6.64. The topological polar surface area (TPSA) is 28.1 Å². The van der Waals surface area contributed by atoms with Crippen molar-refractivity contribution in [2.24, 2.45) is 4.99 Å². The van der Waals surface area contributed by atoms with Crippen LogP contribution in [0.5, 0.6) is 0 Å². The van der Waals surface area contributed by atoms with Gasteiger partial charge >= 0.3 is 0 Å². The first kappa shape index (κ1) is 12.0.